The van der Waals surface area contributed by atoms with Crippen LogP contribution in [0.25, 0.3) is 10.2 Å². The molecule has 13 heavy (non-hydrogen) atoms. The van der Waals surface area contributed by atoms with Gasteiger partial charge in [0.25, 0.3) is 0 Å². The van der Waals surface area contributed by atoms with Crippen molar-refractivity contribution in [3.63, 3.8) is 0 Å². The number of thiazole rings is 1. The zero-order valence-electron chi connectivity index (χ0n) is 7.75. The minimum Gasteiger partial charge on any atom is -1.00 e. The first-order valence-electron chi connectivity index (χ1n) is 4.19. The van der Waals surface area contributed by atoms with Crippen molar-refractivity contribution in [1.29, 1.82) is 0 Å². The molecule has 70 valence electrons. The lowest BCUT2D eigenvalue weighted by Crippen LogP contribution is -3.00. The van der Waals surface area contributed by atoms with Crippen LogP contribution in [0.3, 0.4) is 0 Å². The van der Waals surface area contributed by atoms with E-state index in [1.54, 1.807) is 0 Å². The number of aryl methyl sites for hydroxylation is 2. The highest BCUT2D eigenvalue weighted by molar-refractivity contribution is 7.18. The van der Waals surface area contributed by atoms with Crippen molar-refractivity contribution < 1.29 is 28.5 Å². The lowest BCUT2D eigenvalue weighted by Gasteiger charge is -1.85. The summed E-state index contributed by atoms with van der Waals surface area (Å²) in [5.74, 6) is 0. The molecule has 2 rings (SSSR count). The number of rotatable bonds is 1. The summed E-state index contributed by atoms with van der Waals surface area (Å²) in [7, 11) is 2.14. The maximum absolute atomic E-state index is 2.28. The van der Waals surface area contributed by atoms with E-state index in [1.807, 2.05) is 11.3 Å². The van der Waals surface area contributed by atoms with Gasteiger partial charge in [-0.25, -0.2) is 0 Å². The summed E-state index contributed by atoms with van der Waals surface area (Å²) in [6, 6.07) is 8.54. The molecule has 0 saturated carbocycles. The van der Waals surface area contributed by atoms with Gasteiger partial charge in [-0.15, -0.1) is 0 Å². The van der Waals surface area contributed by atoms with Crippen LogP contribution in [0.5, 0.6) is 0 Å². The first-order valence-corrected chi connectivity index (χ1v) is 5.01. The predicted molar refractivity (Wildman–Crippen MR) is 52.4 cm³/mol. The van der Waals surface area contributed by atoms with Crippen LogP contribution in [0.4, 0.5) is 0 Å². The maximum Gasteiger partial charge on any atom is 0.237 e. The van der Waals surface area contributed by atoms with Gasteiger partial charge >= 0.3 is 0 Å². The predicted octanol–water partition coefficient (Wildman–Crippen LogP) is -0.708. The number of hydrogen-bond donors (Lipinski definition) is 0. The largest absolute Gasteiger partial charge is 1.00 e. The number of hydrogen-bond acceptors (Lipinski definition) is 1. The Labute approximate surface area is 99.4 Å². The fourth-order valence-corrected chi connectivity index (χ4v) is 2.55. The highest BCUT2D eigenvalue weighted by atomic mass is 127. The van der Waals surface area contributed by atoms with E-state index in [-0.39, 0.29) is 24.0 Å². The van der Waals surface area contributed by atoms with Crippen molar-refractivity contribution in [2.24, 2.45) is 7.05 Å². The van der Waals surface area contributed by atoms with Gasteiger partial charge in [0.05, 0.1) is 0 Å². The highest BCUT2D eigenvalue weighted by Crippen LogP contribution is 2.19. The van der Waals surface area contributed by atoms with E-state index in [2.05, 4.69) is 42.8 Å². The second-order valence-corrected chi connectivity index (χ2v) is 3.99. The van der Waals surface area contributed by atoms with Gasteiger partial charge in [-0.3, -0.25) is 0 Å². The zero-order chi connectivity index (χ0) is 8.55. The van der Waals surface area contributed by atoms with Crippen LogP contribution in [-0.4, -0.2) is 0 Å². The summed E-state index contributed by atoms with van der Waals surface area (Å²) in [5, 5.41) is 1.44. The van der Waals surface area contributed by atoms with Crippen LogP contribution in [-0.2, 0) is 13.5 Å². The van der Waals surface area contributed by atoms with Gasteiger partial charge in [0.15, 0.2) is 0 Å². The van der Waals surface area contributed by atoms with Crippen molar-refractivity contribution in [1.82, 2.24) is 0 Å². The number of fused-ring (bicyclic) bond motifs is 1. The lowest BCUT2D eigenvalue weighted by atomic mass is 10.3. The Morgan fingerprint density at radius 1 is 1.31 bits per heavy atom. The van der Waals surface area contributed by atoms with E-state index < -0.39 is 0 Å². The Bertz CT molecular complexity index is 408. The first-order chi connectivity index (χ1) is 5.83. The minimum absolute atomic E-state index is 0. The van der Waals surface area contributed by atoms with Crippen LogP contribution in [0.2, 0.25) is 0 Å². The Hall–Kier alpha value is -0.160. The average molecular weight is 305 g/mol. The van der Waals surface area contributed by atoms with Crippen LogP contribution < -0.4 is 28.5 Å². The molecule has 0 aliphatic rings. The van der Waals surface area contributed by atoms with Crippen LogP contribution in [0.1, 0.15) is 11.9 Å². The van der Waals surface area contributed by atoms with Gasteiger partial charge in [0.1, 0.15) is 11.7 Å². The average Bonchev–Trinajstić information content (AvgIpc) is 2.44. The molecule has 0 aliphatic carbocycles. The molecule has 2 aromatic rings. The van der Waals surface area contributed by atoms with Crippen molar-refractivity contribution in [2.75, 3.05) is 0 Å². The Kier molecular flexibility index (Phi) is 3.67. The maximum atomic E-state index is 2.28. The molecule has 1 heterocycles. The Balaban J connectivity index is 0.000000845. The van der Waals surface area contributed by atoms with Crippen LogP contribution in [0, 0.1) is 0 Å². The lowest BCUT2D eigenvalue weighted by molar-refractivity contribution is -0.647. The topological polar surface area (TPSA) is 3.88 Å². The molecule has 0 bridgehead atoms. The van der Waals surface area contributed by atoms with Crippen LogP contribution in [0.15, 0.2) is 24.3 Å². The molecule has 0 radical (unpaired) electrons. The molecule has 0 atom stereocenters. The van der Waals surface area contributed by atoms with Crippen LogP contribution >= 0.6 is 11.3 Å². The van der Waals surface area contributed by atoms with Crippen molar-refractivity contribution >= 4 is 21.6 Å². The van der Waals surface area contributed by atoms with E-state index in [0.717, 1.165) is 6.42 Å². The molecule has 1 nitrogen and oxygen atoms in total. The monoisotopic (exact) mass is 305 g/mol. The first kappa shape index (κ1) is 10.9. The third-order valence-electron chi connectivity index (χ3n) is 2.13. The third kappa shape index (κ3) is 1.86. The summed E-state index contributed by atoms with van der Waals surface area (Å²) >= 11 is 1.89. The molecule has 0 unspecified atom stereocenters. The Morgan fingerprint density at radius 2 is 2.00 bits per heavy atom. The van der Waals surface area contributed by atoms with Gasteiger partial charge in [-0.2, -0.15) is 4.57 Å². The molecule has 0 amide bonds. The number of benzene rings is 1. The normalized spacial score (nSPS) is 10.0. The second kappa shape index (κ2) is 4.37. The minimum atomic E-state index is 0. The molecular weight excluding hydrogens is 293 g/mol. The molecule has 0 spiro atoms. The third-order valence-corrected chi connectivity index (χ3v) is 3.49. The fourth-order valence-electron chi connectivity index (χ4n) is 1.46. The summed E-state index contributed by atoms with van der Waals surface area (Å²) < 4.78 is 3.66. The second-order valence-electron chi connectivity index (χ2n) is 2.88. The van der Waals surface area contributed by atoms with E-state index in [0.29, 0.717) is 0 Å². The Morgan fingerprint density at radius 3 is 2.62 bits per heavy atom. The van der Waals surface area contributed by atoms with Crippen molar-refractivity contribution in [3.05, 3.63) is 29.3 Å². The number of aromatic nitrogens is 1. The summed E-state index contributed by atoms with van der Waals surface area (Å²) in [5.41, 5.74) is 1.35. The molecule has 0 fully saturated rings. The molecule has 3 heteroatoms. The fraction of sp³-hybridized carbons (Fsp3) is 0.300. The van der Waals surface area contributed by atoms with Gasteiger partial charge in [-0.05, 0) is 6.07 Å². The number of para-hydroxylation sites is 1. The van der Waals surface area contributed by atoms with Gasteiger partial charge in [0, 0.05) is 12.5 Å². The van der Waals surface area contributed by atoms with E-state index in [1.165, 1.54) is 15.2 Å². The molecule has 0 aliphatic heterocycles. The summed E-state index contributed by atoms with van der Waals surface area (Å²) in [4.78, 5) is 0. The summed E-state index contributed by atoms with van der Waals surface area (Å²) in [6.45, 7) is 2.20. The molecule has 1 aromatic carbocycles. The smallest absolute Gasteiger partial charge is 0.237 e. The SMILES string of the molecule is CCc1sc2ccccc2[n+]1C.[I-]. The summed E-state index contributed by atoms with van der Waals surface area (Å²) in [6.07, 6.45) is 1.12. The molecule has 1 aromatic heterocycles. The zero-order valence-corrected chi connectivity index (χ0v) is 10.7. The van der Waals surface area contributed by atoms with E-state index in [4.69, 9.17) is 0 Å². The van der Waals surface area contributed by atoms with Gasteiger partial charge < -0.3 is 24.0 Å². The van der Waals surface area contributed by atoms with Crippen molar-refractivity contribution in [3.8, 4) is 0 Å². The highest BCUT2D eigenvalue weighted by Gasteiger charge is 2.13. The number of nitrogens with zero attached hydrogens (tertiary/aromatic N) is 1. The molecule has 0 N–H and O–H groups in total. The van der Waals surface area contributed by atoms with Crippen molar-refractivity contribution in [2.45, 2.75) is 13.3 Å². The van der Waals surface area contributed by atoms with E-state index >= 15 is 0 Å². The quantitative estimate of drug-likeness (QED) is 0.484. The van der Waals surface area contributed by atoms with E-state index in [9.17, 15) is 0 Å². The standard InChI is InChI=1S/C10H12NS.HI/c1-3-10-11(2)8-6-4-5-7-9(8)12-10;/h4-7H,3H2,1-2H3;1H/q+1;/p-1. The molecular formula is C10H12INS. The van der Waals surface area contributed by atoms with Gasteiger partial charge in [0.2, 0.25) is 10.5 Å². The van der Waals surface area contributed by atoms with Gasteiger partial charge in [-0.1, -0.05) is 30.4 Å². The molecule has 0 saturated heterocycles. The number of halogens is 1.